The average Bonchev–Trinajstić information content (AvgIpc) is 3.29. The number of benzene rings is 3. The molecule has 4 rings (SSSR count). The number of ether oxygens (including phenoxy) is 1. The highest BCUT2D eigenvalue weighted by molar-refractivity contribution is 5.78. The van der Waals surface area contributed by atoms with Gasteiger partial charge in [0.2, 0.25) is 0 Å². The first-order valence-electron chi connectivity index (χ1n) is 9.43. The van der Waals surface area contributed by atoms with E-state index in [2.05, 4.69) is 5.32 Å². The van der Waals surface area contributed by atoms with Crippen LogP contribution < -0.4 is 5.32 Å². The predicted octanol–water partition coefficient (Wildman–Crippen LogP) is 4.27. The van der Waals surface area contributed by atoms with Crippen molar-refractivity contribution in [1.29, 1.82) is 0 Å². The molecule has 0 aliphatic carbocycles. The molecule has 3 aromatic rings. The number of carbonyl (C=O) groups is 1. The zero-order valence-corrected chi connectivity index (χ0v) is 15.2. The van der Waals surface area contributed by atoms with Crippen LogP contribution in [0.4, 0.5) is 0 Å². The average molecular weight is 357 g/mol. The van der Waals surface area contributed by atoms with E-state index in [1.54, 1.807) is 0 Å². The molecule has 136 valence electrons. The van der Waals surface area contributed by atoms with Crippen molar-refractivity contribution in [3.63, 3.8) is 0 Å². The van der Waals surface area contributed by atoms with Crippen LogP contribution in [0.3, 0.4) is 0 Å². The first-order chi connectivity index (χ1) is 13.3. The Morgan fingerprint density at radius 2 is 1.22 bits per heavy atom. The van der Waals surface area contributed by atoms with E-state index in [4.69, 9.17) is 4.74 Å². The first-order valence-corrected chi connectivity index (χ1v) is 9.43. The number of rotatable bonds is 5. The summed E-state index contributed by atoms with van der Waals surface area (Å²) in [6.07, 6.45) is 1.81. The van der Waals surface area contributed by atoms with E-state index < -0.39 is 5.60 Å². The molecule has 1 saturated heterocycles. The standard InChI is InChI=1S/C24H23NO2/c26-23(22-17-10-18-25-22)27-24(19-11-4-1-5-12-19,20-13-6-2-7-14-20)21-15-8-3-9-16-21/h1-9,11-16,22,25H,10,17-18H2/t22-/m0/s1. The number of hydrogen-bond donors (Lipinski definition) is 1. The lowest BCUT2D eigenvalue weighted by molar-refractivity contribution is -0.155. The van der Waals surface area contributed by atoms with Gasteiger partial charge in [0.15, 0.2) is 5.60 Å². The van der Waals surface area contributed by atoms with Crippen molar-refractivity contribution in [2.24, 2.45) is 0 Å². The van der Waals surface area contributed by atoms with Crippen LogP contribution in [0.25, 0.3) is 0 Å². The molecule has 0 saturated carbocycles. The van der Waals surface area contributed by atoms with Crippen molar-refractivity contribution < 1.29 is 9.53 Å². The Morgan fingerprint density at radius 1 is 0.778 bits per heavy atom. The van der Waals surface area contributed by atoms with E-state index in [0.717, 1.165) is 36.1 Å². The molecule has 3 nitrogen and oxygen atoms in total. The summed E-state index contributed by atoms with van der Waals surface area (Å²) in [5, 5.41) is 3.26. The zero-order valence-electron chi connectivity index (χ0n) is 15.2. The van der Waals surface area contributed by atoms with Crippen LogP contribution in [0.15, 0.2) is 91.0 Å². The van der Waals surface area contributed by atoms with E-state index in [-0.39, 0.29) is 12.0 Å². The molecule has 1 N–H and O–H groups in total. The van der Waals surface area contributed by atoms with Crippen molar-refractivity contribution >= 4 is 5.97 Å². The van der Waals surface area contributed by atoms with Gasteiger partial charge in [0.1, 0.15) is 6.04 Å². The van der Waals surface area contributed by atoms with E-state index >= 15 is 0 Å². The van der Waals surface area contributed by atoms with E-state index in [0.29, 0.717) is 0 Å². The topological polar surface area (TPSA) is 38.3 Å². The second kappa shape index (κ2) is 7.77. The number of esters is 1. The SMILES string of the molecule is O=C(OC(c1ccccc1)(c1ccccc1)c1ccccc1)[C@@H]1CCCN1. The molecule has 3 heteroatoms. The van der Waals surface area contributed by atoms with Gasteiger partial charge in [0, 0.05) is 16.7 Å². The maximum absolute atomic E-state index is 13.1. The molecule has 1 fully saturated rings. The van der Waals surface area contributed by atoms with Gasteiger partial charge in [-0.2, -0.15) is 0 Å². The number of carbonyl (C=O) groups excluding carboxylic acids is 1. The van der Waals surface area contributed by atoms with Gasteiger partial charge in [0.25, 0.3) is 0 Å². The molecule has 0 spiro atoms. The second-order valence-corrected chi connectivity index (χ2v) is 6.85. The van der Waals surface area contributed by atoms with Crippen LogP contribution in [-0.4, -0.2) is 18.6 Å². The van der Waals surface area contributed by atoms with E-state index in [9.17, 15) is 4.79 Å². The Morgan fingerprint density at radius 3 is 1.59 bits per heavy atom. The molecular weight excluding hydrogens is 334 g/mol. The first kappa shape index (κ1) is 17.5. The Balaban J connectivity index is 1.90. The molecule has 0 aromatic heterocycles. The molecule has 27 heavy (non-hydrogen) atoms. The minimum absolute atomic E-state index is 0.205. The molecule has 1 aliphatic rings. The van der Waals surface area contributed by atoms with Crippen LogP contribution in [0.5, 0.6) is 0 Å². The third kappa shape index (κ3) is 3.38. The maximum Gasteiger partial charge on any atom is 0.324 e. The Kier molecular flexibility index (Phi) is 5.03. The highest BCUT2D eigenvalue weighted by atomic mass is 16.6. The van der Waals surface area contributed by atoms with Crippen LogP contribution >= 0.6 is 0 Å². The van der Waals surface area contributed by atoms with Crippen molar-refractivity contribution in [1.82, 2.24) is 5.32 Å². The minimum Gasteiger partial charge on any atom is -0.443 e. The summed E-state index contributed by atoms with van der Waals surface area (Å²) in [7, 11) is 0. The van der Waals surface area contributed by atoms with Crippen molar-refractivity contribution in [3.8, 4) is 0 Å². The molecule has 0 bridgehead atoms. The second-order valence-electron chi connectivity index (χ2n) is 6.85. The fourth-order valence-corrected chi connectivity index (χ4v) is 3.80. The molecular formula is C24H23NO2. The summed E-state index contributed by atoms with van der Waals surface area (Å²) in [6, 6.07) is 29.7. The number of nitrogens with one attached hydrogen (secondary N) is 1. The maximum atomic E-state index is 13.1. The monoisotopic (exact) mass is 357 g/mol. The highest BCUT2D eigenvalue weighted by Crippen LogP contribution is 2.40. The van der Waals surface area contributed by atoms with E-state index in [1.807, 2.05) is 91.0 Å². The van der Waals surface area contributed by atoms with Gasteiger partial charge in [-0.25, -0.2) is 0 Å². The smallest absolute Gasteiger partial charge is 0.324 e. The van der Waals surface area contributed by atoms with Crippen LogP contribution in [-0.2, 0) is 15.1 Å². The largest absolute Gasteiger partial charge is 0.443 e. The van der Waals surface area contributed by atoms with Gasteiger partial charge >= 0.3 is 5.97 Å². The van der Waals surface area contributed by atoms with Gasteiger partial charge in [-0.3, -0.25) is 4.79 Å². The molecule has 1 aliphatic heterocycles. The Bertz CT molecular complexity index is 775. The fraction of sp³-hybridized carbons (Fsp3) is 0.208. The lowest BCUT2D eigenvalue weighted by atomic mass is 9.80. The predicted molar refractivity (Wildman–Crippen MR) is 106 cm³/mol. The molecule has 0 radical (unpaired) electrons. The third-order valence-electron chi connectivity index (χ3n) is 5.14. The molecule has 0 amide bonds. The fourth-order valence-electron chi connectivity index (χ4n) is 3.80. The van der Waals surface area contributed by atoms with Crippen molar-refractivity contribution in [2.45, 2.75) is 24.5 Å². The lowest BCUT2D eigenvalue weighted by Gasteiger charge is -2.36. The van der Waals surface area contributed by atoms with Crippen molar-refractivity contribution in [3.05, 3.63) is 108 Å². The Labute approximate surface area is 160 Å². The summed E-state index contributed by atoms with van der Waals surface area (Å²) in [5.41, 5.74) is 1.83. The number of hydrogen-bond acceptors (Lipinski definition) is 3. The summed E-state index contributed by atoms with van der Waals surface area (Å²) >= 11 is 0. The Hall–Kier alpha value is -2.91. The van der Waals surface area contributed by atoms with Crippen LogP contribution in [0.1, 0.15) is 29.5 Å². The molecule has 1 heterocycles. The highest BCUT2D eigenvalue weighted by Gasteiger charge is 2.42. The van der Waals surface area contributed by atoms with Gasteiger partial charge in [-0.05, 0) is 19.4 Å². The minimum atomic E-state index is -0.981. The molecule has 3 aromatic carbocycles. The van der Waals surface area contributed by atoms with Crippen LogP contribution in [0.2, 0.25) is 0 Å². The quantitative estimate of drug-likeness (QED) is 0.547. The summed E-state index contributed by atoms with van der Waals surface area (Å²) in [5.74, 6) is -0.205. The molecule has 1 atom stereocenters. The zero-order chi connectivity index (χ0) is 18.5. The van der Waals surface area contributed by atoms with Gasteiger partial charge < -0.3 is 10.1 Å². The normalized spacial score (nSPS) is 16.8. The van der Waals surface area contributed by atoms with Gasteiger partial charge in [-0.15, -0.1) is 0 Å². The lowest BCUT2D eigenvalue weighted by Crippen LogP contribution is -2.41. The van der Waals surface area contributed by atoms with Gasteiger partial charge in [0.05, 0.1) is 0 Å². The van der Waals surface area contributed by atoms with Gasteiger partial charge in [-0.1, -0.05) is 91.0 Å². The summed E-state index contributed by atoms with van der Waals surface area (Å²) in [6.45, 7) is 0.856. The molecule has 0 unspecified atom stereocenters. The summed E-state index contributed by atoms with van der Waals surface area (Å²) in [4.78, 5) is 13.1. The summed E-state index contributed by atoms with van der Waals surface area (Å²) < 4.78 is 6.38. The third-order valence-corrected chi connectivity index (χ3v) is 5.14. The van der Waals surface area contributed by atoms with Crippen LogP contribution in [0, 0.1) is 0 Å². The van der Waals surface area contributed by atoms with Crippen molar-refractivity contribution in [2.75, 3.05) is 6.54 Å². The van der Waals surface area contributed by atoms with E-state index in [1.165, 1.54) is 0 Å².